The van der Waals surface area contributed by atoms with Gasteiger partial charge in [-0.05, 0) is 5.56 Å². The molecule has 0 aliphatic carbocycles. The Hall–Kier alpha value is -0.0900. The zero-order valence-corrected chi connectivity index (χ0v) is 11.9. The third kappa shape index (κ3) is 6.19. The Bertz CT molecular complexity index is 489. The molecule has 0 saturated heterocycles. The summed E-state index contributed by atoms with van der Waals surface area (Å²) >= 11 is 10.8. The summed E-state index contributed by atoms with van der Waals surface area (Å²) in [5, 5.41) is 4.74. The summed E-state index contributed by atoms with van der Waals surface area (Å²) < 4.78 is 46.8. The fraction of sp³-hybridized carbons (Fsp3) is 0.455. The highest BCUT2D eigenvalue weighted by molar-refractivity contribution is 7.54. The van der Waals surface area contributed by atoms with Crippen molar-refractivity contribution in [2.24, 2.45) is 0 Å². The second-order valence-corrected chi connectivity index (χ2v) is 5.78. The highest BCUT2D eigenvalue weighted by Crippen LogP contribution is 2.37. The van der Waals surface area contributed by atoms with E-state index in [4.69, 9.17) is 33.2 Å². The predicted octanol–water partition coefficient (Wildman–Crippen LogP) is 2.97. The lowest BCUT2D eigenvalue weighted by Gasteiger charge is -2.19. The van der Waals surface area contributed by atoms with E-state index < -0.39 is 32.4 Å². The number of hydrogen-bond donors (Lipinski definition) is 2. The molecular weight excluding hydrogens is 294 g/mol. The van der Waals surface area contributed by atoms with Gasteiger partial charge in [-0.15, -0.1) is 23.2 Å². The van der Waals surface area contributed by atoms with Crippen LogP contribution in [0.4, 0.5) is 0 Å². The van der Waals surface area contributed by atoms with Crippen molar-refractivity contribution >= 4 is 30.9 Å². The van der Waals surface area contributed by atoms with Crippen LogP contribution in [0.3, 0.4) is 0 Å². The molecule has 4 nitrogen and oxygen atoms in total. The zero-order chi connectivity index (χ0) is 16.9. The molecule has 0 bridgehead atoms. The molecule has 2 N–H and O–H groups in total. The molecule has 1 aromatic rings. The van der Waals surface area contributed by atoms with Crippen LogP contribution in [-0.4, -0.2) is 24.8 Å². The second-order valence-electron chi connectivity index (χ2n) is 3.25. The van der Waals surface area contributed by atoms with Gasteiger partial charge in [0.2, 0.25) is 0 Å². The fourth-order valence-electron chi connectivity index (χ4n) is 1.15. The SMILES string of the molecule is [2H]C([2H])(Cl)CNP(=O)(NCC([2H])([2H])Cl)OCc1ccccc1. The van der Waals surface area contributed by atoms with Gasteiger partial charge in [0, 0.05) is 30.2 Å². The molecular formula is C11H17Cl2N2O2P. The van der Waals surface area contributed by atoms with Crippen LogP contribution in [-0.2, 0) is 15.7 Å². The van der Waals surface area contributed by atoms with E-state index in [9.17, 15) is 4.57 Å². The summed E-state index contributed by atoms with van der Waals surface area (Å²) in [6.45, 7) is -0.896. The molecule has 0 fully saturated rings. The molecule has 0 aromatic heterocycles. The normalized spacial score (nSPS) is 16.6. The highest BCUT2D eigenvalue weighted by Gasteiger charge is 2.21. The molecule has 102 valence electrons. The molecule has 0 aliphatic heterocycles. The Morgan fingerprint density at radius 2 is 1.72 bits per heavy atom. The Balaban J connectivity index is 2.70. The van der Waals surface area contributed by atoms with Crippen LogP contribution in [0.2, 0.25) is 0 Å². The van der Waals surface area contributed by atoms with Crippen LogP contribution in [0.15, 0.2) is 30.3 Å². The number of rotatable bonds is 9. The Morgan fingerprint density at radius 3 is 2.22 bits per heavy atom. The van der Waals surface area contributed by atoms with Crippen LogP contribution >= 0.6 is 30.9 Å². The molecule has 0 radical (unpaired) electrons. The van der Waals surface area contributed by atoms with Crippen LogP contribution < -0.4 is 10.2 Å². The minimum absolute atomic E-state index is 0.00527. The maximum atomic E-state index is 12.6. The first-order valence-electron chi connectivity index (χ1n) is 7.16. The van der Waals surface area contributed by atoms with E-state index in [0.29, 0.717) is 0 Å². The van der Waals surface area contributed by atoms with Gasteiger partial charge < -0.3 is 4.52 Å². The molecule has 0 saturated carbocycles. The third-order valence-electron chi connectivity index (χ3n) is 1.96. The minimum atomic E-state index is -3.73. The van der Waals surface area contributed by atoms with Gasteiger partial charge >= 0.3 is 7.67 Å². The number of alkyl halides is 2. The molecule has 18 heavy (non-hydrogen) atoms. The van der Waals surface area contributed by atoms with E-state index in [2.05, 4.69) is 10.2 Å². The van der Waals surface area contributed by atoms with E-state index >= 15 is 0 Å². The molecule has 0 unspecified atom stereocenters. The molecule has 1 rings (SSSR count). The Kier molecular flexibility index (Phi) is 5.28. The van der Waals surface area contributed by atoms with Crippen LogP contribution in [0.25, 0.3) is 0 Å². The van der Waals surface area contributed by atoms with Crippen molar-refractivity contribution in [1.29, 1.82) is 0 Å². The smallest absolute Gasteiger partial charge is 0.301 e. The van der Waals surface area contributed by atoms with Crippen molar-refractivity contribution in [3.63, 3.8) is 0 Å². The average molecular weight is 315 g/mol. The van der Waals surface area contributed by atoms with Gasteiger partial charge in [0.1, 0.15) is 0 Å². The lowest BCUT2D eigenvalue weighted by atomic mass is 10.2. The first-order valence-corrected chi connectivity index (χ1v) is 7.54. The van der Waals surface area contributed by atoms with Crippen molar-refractivity contribution in [2.75, 3.05) is 24.8 Å². The molecule has 0 heterocycles. The maximum absolute atomic E-state index is 12.6. The summed E-state index contributed by atoms with van der Waals surface area (Å²) in [6, 6.07) is 8.94. The van der Waals surface area contributed by atoms with Crippen molar-refractivity contribution in [1.82, 2.24) is 10.2 Å². The number of nitrogens with one attached hydrogen (secondary N) is 2. The standard InChI is InChI=1S/C11H17Cl2N2O2P/c12-6-8-14-18(16,15-9-7-13)17-10-11-4-2-1-3-5-11/h1-5H,6-10H2,(H2,14,15,16)/i6D2,7D2. The molecule has 0 atom stereocenters. The average Bonchev–Trinajstić information content (AvgIpc) is 2.41. The van der Waals surface area contributed by atoms with E-state index in [1.165, 1.54) is 0 Å². The largest absolute Gasteiger partial charge is 0.341 e. The highest BCUT2D eigenvalue weighted by atomic mass is 35.5. The van der Waals surface area contributed by atoms with E-state index in [0.717, 1.165) is 5.56 Å². The molecule has 7 heteroatoms. The molecule has 0 spiro atoms. The van der Waals surface area contributed by atoms with E-state index in [-0.39, 0.29) is 6.61 Å². The lowest BCUT2D eigenvalue weighted by Crippen LogP contribution is -2.27. The van der Waals surface area contributed by atoms with Gasteiger partial charge in [0.15, 0.2) is 0 Å². The van der Waals surface area contributed by atoms with Gasteiger partial charge in [-0.2, -0.15) is 0 Å². The van der Waals surface area contributed by atoms with Crippen LogP contribution in [0.1, 0.15) is 11.0 Å². The van der Waals surface area contributed by atoms with Crippen molar-refractivity contribution < 1.29 is 14.6 Å². The van der Waals surface area contributed by atoms with Gasteiger partial charge in [0.05, 0.1) is 6.61 Å². The van der Waals surface area contributed by atoms with Gasteiger partial charge in [-0.1, -0.05) is 30.3 Å². The summed E-state index contributed by atoms with van der Waals surface area (Å²) in [5.41, 5.74) is 0.758. The van der Waals surface area contributed by atoms with E-state index in [1.54, 1.807) is 24.3 Å². The fourth-order valence-corrected chi connectivity index (χ4v) is 2.67. The van der Waals surface area contributed by atoms with Gasteiger partial charge in [-0.3, -0.25) is 4.57 Å². The van der Waals surface area contributed by atoms with Crippen molar-refractivity contribution in [3.05, 3.63) is 35.9 Å². The second kappa shape index (κ2) is 8.92. The first kappa shape index (κ1) is 10.7. The first-order chi connectivity index (χ1) is 9.99. The lowest BCUT2D eigenvalue weighted by molar-refractivity contribution is 0.288. The minimum Gasteiger partial charge on any atom is -0.301 e. The monoisotopic (exact) mass is 314 g/mol. The molecule has 0 aliphatic rings. The number of halogens is 2. The van der Waals surface area contributed by atoms with Gasteiger partial charge in [0.25, 0.3) is 0 Å². The molecule has 0 amide bonds. The maximum Gasteiger partial charge on any atom is 0.341 e. The third-order valence-corrected chi connectivity index (χ3v) is 3.87. The van der Waals surface area contributed by atoms with Crippen molar-refractivity contribution in [3.8, 4) is 0 Å². The predicted molar refractivity (Wildman–Crippen MR) is 76.3 cm³/mol. The topological polar surface area (TPSA) is 50.4 Å². The number of benzene rings is 1. The van der Waals surface area contributed by atoms with E-state index in [1.807, 2.05) is 6.07 Å². The quantitative estimate of drug-likeness (QED) is 0.543. The Morgan fingerprint density at radius 1 is 1.17 bits per heavy atom. The van der Waals surface area contributed by atoms with Crippen LogP contribution in [0, 0.1) is 0 Å². The van der Waals surface area contributed by atoms with Crippen molar-refractivity contribution in [2.45, 2.75) is 6.61 Å². The summed E-state index contributed by atoms with van der Waals surface area (Å²) in [5.74, 6) is -4.24. The molecule has 1 aromatic carbocycles. The zero-order valence-electron chi connectivity index (χ0n) is 13.5. The summed E-state index contributed by atoms with van der Waals surface area (Å²) in [7, 11) is -3.73. The summed E-state index contributed by atoms with van der Waals surface area (Å²) in [4.78, 5) is 0. The van der Waals surface area contributed by atoms with Crippen LogP contribution in [0.5, 0.6) is 0 Å². The number of hydrogen-bond acceptors (Lipinski definition) is 2. The summed E-state index contributed by atoms with van der Waals surface area (Å²) in [6.07, 6.45) is 0. The Labute approximate surface area is 123 Å². The van der Waals surface area contributed by atoms with Gasteiger partial charge in [-0.25, -0.2) is 10.2 Å².